The Hall–Kier alpha value is -2.51. The first kappa shape index (κ1) is 20.8. The Morgan fingerprint density at radius 1 is 1.10 bits per heavy atom. The van der Waals surface area contributed by atoms with Crippen LogP contribution in [0.2, 0.25) is 0 Å². The molecule has 1 saturated heterocycles. The molecule has 2 aliphatic heterocycles. The standard InChI is InChI=1S/C23H24F3NO3/c1-29-20-6-7-21-17(13-20)12-16(15-30-21)14-27-10-8-22(28,9-11-27)18-2-4-19(5-3-18)23(24,25)26/h2-7,12-13,28H,8-11,14-15H2,1H3. The molecule has 2 aliphatic rings. The number of rotatable bonds is 4. The highest BCUT2D eigenvalue weighted by Gasteiger charge is 2.36. The first-order valence-electron chi connectivity index (χ1n) is 9.90. The molecule has 0 bridgehead atoms. The highest BCUT2D eigenvalue weighted by atomic mass is 19.4. The lowest BCUT2D eigenvalue weighted by Crippen LogP contribution is -2.43. The molecule has 0 radical (unpaired) electrons. The van der Waals surface area contributed by atoms with Gasteiger partial charge in [0, 0.05) is 25.2 Å². The quantitative estimate of drug-likeness (QED) is 0.794. The smallest absolute Gasteiger partial charge is 0.416 e. The van der Waals surface area contributed by atoms with E-state index in [-0.39, 0.29) is 0 Å². The number of methoxy groups -OCH3 is 1. The van der Waals surface area contributed by atoms with Crippen LogP contribution in [0.25, 0.3) is 6.08 Å². The van der Waals surface area contributed by atoms with Crippen LogP contribution >= 0.6 is 0 Å². The van der Waals surface area contributed by atoms with Crippen LogP contribution in [0.4, 0.5) is 13.2 Å². The summed E-state index contributed by atoms with van der Waals surface area (Å²) in [6, 6.07) is 10.6. The predicted octanol–water partition coefficient (Wildman–Crippen LogP) is 4.47. The minimum absolute atomic E-state index is 0.469. The van der Waals surface area contributed by atoms with Gasteiger partial charge in [0.2, 0.25) is 0 Å². The van der Waals surface area contributed by atoms with E-state index in [0.29, 0.717) is 38.1 Å². The maximum Gasteiger partial charge on any atom is 0.416 e. The molecule has 30 heavy (non-hydrogen) atoms. The molecule has 0 atom stereocenters. The summed E-state index contributed by atoms with van der Waals surface area (Å²) >= 11 is 0. The molecule has 2 heterocycles. The van der Waals surface area contributed by atoms with Gasteiger partial charge in [-0.25, -0.2) is 0 Å². The van der Waals surface area contributed by atoms with Crippen molar-refractivity contribution >= 4 is 6.08 Å². The lowest BCUT2D eigenvalue weighted by molar-refractivity contribution is -0.137. The largest absolute Gasteiger partial charge is 0.497 e. The average molecular weight is 419 g/mol. The van der Waals surface area contributed by atoms with Crippen molar-refractivity contribution in [3.63, 3.8) is 0 Å². The second-order valence-corrected chi connectivity index (χ2v) is 7.88. The van der Waals surface area contributed by atoms with Crippen molar-refractivity contribution in [2.75, 3.05) is 33.4 Å². The normalized spacial score (nSPS) is 18.9. The minimum Gasteiger partial charge on any atom is -0.497 e. The molecule has 2 aromatic rings. The number of halogens is 3. The highest BCUT2D eigenvalue weighted by molar-refractivity contribution is 5.64. The summed E-state index contributed by atoms with van der Waals surface area (Å²) in [5.41, 5.74) is 0.854. The summed E-state index contributed by atoms with van der Waals surface area (Å²) in [5.74, 6) is 1.60. The van der Waals surface area contributed by atoms with E-state index in [1.807, 2.05) is 18.2 Å². The van der Waals surface area contributed by atoms with Crippen LogP contribution in [0.15, 0.2) is 48.0 Å². The highest BCUT2D eigenvalue weighted by Crippen LogP contribution is 2.36. The minimum atomic E-state index is -4.37. The molecule has 4 rings (SSSR count). The van der Waals surface area contributed by atoms with Crippen molar-refractivity contribution in [3.8, 4) is 11.5 Å². The van der Waals surface area contributed by atoms with Crippen LogP contribution < -0.4 is 9.47 Å². The maximum absolute atomic E-state index is 12.8. The van der Waals surface area contributed by atoms with Gasteiger partial charge in [0.1, 0.15) is 18.1 Å². The van der Waals surface area contributed by atoms with Gasteiger partial charge in [0.25, 0.3) is 0 Å². The van der Waals surface area contributed by atoms with Crippen molar-refractivity contribution in [1.29, 1.82) is 0 Å². The van der Waals surface area contributed by atoms with Gasteiger partial charge < -0.3 is 14.6 Å². The molecule has 4 nitrogen and oxygen atoms in total. The number of nitrogens with zero attached hydrogens (tertiary/aromatic N) is 1. The number of likely N-dealkylation sites (tertiary alicyclic amines) is 1. The zero-order valence-electron chi connectivity index (χ0n) is 16.7. The molecular weight excluding hydrogens is 395 g/mol. The molecule has 7 heteroatoms. The van der Waals surface area contributed by atoms with E-state index in [2.05, 4.69) is 11.0 Å². The van der Waals surface area contributed by atoms with Gasteiger partial charge in [-0.1, -0.05) is 12.1 Å². The van der Waals surface area contributed by atoms with Crippen molar-refractivity contribution in [2.24, 2.45) is 0 Å². The van der Waals surface area contributed by atoms with Gasteiger partial charge in [-0.05, 0) is 60.4 Å². The van der Waals surface area contributed by atoms with Gasteiger partial charge in [0.05, 0.1) is 18.3 Å². The van der Waals surface area contributed by atoms with E-state index < -0.39 is 17.3 Å². The number of alkyl halides is 3. The number of fused-ring (bicyclic) bond motifs is 1. The van der Waals surface area contributed by atoms with Crippen LogP contribution in [0.3, 0.4) is 0 Å². The second-order valence-electron chi connectivity index (χ2n) is 7.88. The third-order valence-corrected chi connectivity index (χ3v) is 5.85. The Balaban J connectivity index is 1.39. The monoisotopic (exact) mass is 419 g/mol. The van der Waals surface area contributed by atoms with Gasteiger partial charge in [-0.15, -0.1) is 0 Å². The van der Waals surface area contributed by atoms with E-state index in [0.717, 1.165) is 41.3 Å². The van der Waals surface area contributed by atoms with E-state index >= 15 is 0 Å². The van der Waals surface area contributed by atoms with Gasteiger partial charge in [-0.3, -0.25) is 4.90 Å². The second kappa shape index (κ2) is 7.96. The third kappa shape index (κ3) is 4.32. The number of hydrogen-bond acceptors (Lipinski definition) is 4. The Morgan fingerprint density at radius 3 is 2.43 bits per heavy atom. The van der Waals surface area contributed by atoms with Crippen LogP contribution in [-0.4, -0.2) is 43.4 Å². The molecule has 0 amide bonds. The van der Waals surface area contributed by atoms with Crippen LogP contribution in [0.5, 0.6) is 11.5 Å². The number of hydrogen-bond donors (Lipinski definition) is 1. The van der Waals surface area contributed by atoms with Crippen molar-refractivity contribution in [2.45, 2.75) is 24.6 Å². The van der Waals surface area contributed by atoms with Crippen molar-refractivity contribution in [1.82, 2.24) is 4.90 Å². The zero-order valence-corrected chi connectivity index (χ0v) is 16.7. The average Bonchev–Trinajstić information content (AvgIpc) is 2.74. The number of piperidine rings is 1. The molecule has 160 valence electrons. The molecule has 0 spiro atoms. The summed E-state index contributed by atoms with van der Waals surface area (Å²) < 4.78 is 49.4. The molecular formula is C23H24F3NO3. The number of ether oxygens (including phenoxy) is 2. The Morgan fingerprint density at radius 2 is 1.80 bits per heavy atom. The van der Waals surface area contributed by atoms with E-state index in [1.54, 1.807) is 7.11 Å². The molecule has 1 fully saturated rings. The Labute approximate surface area is 173 Å². The van der Waals surface area contributed by atoms with Crippen molar-refractivity contribution in [3.05, 3.63) is 64.7 Å². The van der Waals surface area contributed by atoms with Gasteiger partial charge >= 0.3 is 6.18 Å². The van der Waals surface area contributed by atoms with Crippen LogP contribution in [-0.2, 0) is 11.8 Å². The fraction of sp³-hybridized carbons (Fsp3) is 0.391. The Kier molecular flexibility index (Phi) is 5.51. The van der Waals surface area contributed by atoms with E-state index in [4.69, 9.17) is 9.47 Å². The SMILES string of the molecule is COc1ccc2c(c1)C=C(CN1CCC(O)(c3ccc(C(F)(F)F)cc3)CC1)CO2. The zero-order chi connectivity index (χ0) is 21.4. The molecule has 0 aromatic heterocycles. The first-order valence-corrected chi connectivity index (χ1v) is 9.90. The first-order chi connectivity index (χ1) is 14.3. The molecule has 0 unspecified atom stereocenters. The van der Waals surface area contributed by atoms with E-state index in [1.165, 1.54) is 12.1 Å². The third-order valence-electron chi connectivity index (χ3n) is 5.85. The Bertz CT molecular complexity index is 930. The van der Waals surface area contributed by atoms with Gasteiger partial charge in [0.15, 0.2) is 0 Å². The van der Waals surface area contributed by atoms with Gasteiger partial charge in [-0.2, -0.15) is 13.2 Å². The molecule has 0 aliphatic carbocycles. The van der Waals surface area contributed by atoms with Crippen LogP contribution in [0, 0.1) is 0 Å². The fourth-order valence-electron chi connectivity index (χ4n) is 4.05. The number of benzene rings is 2. The summed E-state index contributed by atoms with van der Waals surface area (Å²) in [5, 5.41) is 11.0. The summed E-state index contributed by atoms with van der Waals surface area (Å²) in [7, 11) is 1.63. The molecule has 0 saturated carbocycles. The fourth-order valence-corrected chi connectivity index (χ4v) is 4.05. The lowest BCUT2D eigenvalue weighted by atomic mass is 9.84. The summed E-state index contributed by atoms with van der Waals surface area (Å²) in [4.78, 5) is 2.24. The maximum atomic E-state index is 12.8. The lowest BCUT2D eigenvalue weighted by Gasteiger charge is -2.39. The summed E-state index contributed by atoms with van der Waals surface area (Å²) in [6.07, 6.45) is -1.32. The molecule has 1 N–H and O–H groups in total. The van der Waals surface area contributed by atoms with Crippen molar-refractivity contribution < 1.29 is 27.8 Å². The summed E-state index contributed by atoms with van der Waals surface area (Å²) in [6.45, 7) is 2.54. The molecule has 2 aromatic carbocycles. The predicted molar refractivity (Wildman–Crippen MR) is 107 cm³/mol. The van der Waals surface area contributed by atoms with Crippen LogP contribution in [0.1, 0.15) is 29.5 Å². The number of aliphatic hydroxyl groups is 1. The topological polar surface area (TPSA) is 41.9 Å². The van der Waals surface area contributed by atoms with E-state index in [9.17, 15) is 18.3 Å².